The molecule has 1 atom stereocenters. The molecule has 0 spiro atoms. The number of hydrogen-bond donors (Lipinski definition) is 0. The minimum atomic E-state index is 0.574. The Morgan fingerprint density at radius 3 is 2.40 bits per heavy atom. The van der Waals surface area contributed by atoms with Gasteiger partial charge in [0.25, 0.3) is 0 Å². The minimum Gasteiger partial charge on any atom is -0.302 e. The number of hydrogen-bond acceptors (Lipinski definition) is 3. The third-order valence-electron chi connectivity index (χ3n) is 4.96. The number of piperidine rings is 1. The zero-order chi connectivity index (χ0) is 14.4. The van der Waals surface area contributed by atoms with Gasteiger partial charge in [-0.3, -0.25) is 9.80 Å². The molecule has 2 aliphatic rings. The molecule has 0 N–H and O–H groups in total. The molecule has 3 heteroatoms. The van der Waals surface area contributed by atoms with Gasteiger partial charge in [-0.1, -0.05) is 31.9 Å². The third kappa shape index (κ3) is 4.57. The van der Waals surface area contributed by atoms with Gasteiger partial charge in [-0.2, -0.15) is 0 Å². The summed E-state index contributed by atoms with van der Waals surface area (Å²) in [7, 11) is 2.26. The Bertz CT molecular complexity index is 297. The summed E-state index contributed by atoms with van der Waals surface area (Å²) >= 11 is 0. The number of nitrogens with zero attached hydrogens (tertiary/aromatic N) is 3. The standard InChI is InChI=1S/C17H33N3/c1-4-8-16(2)17-15-20(12-11-18(17)3)14-13-19-9-6-5-7-10-19/h17H,2,4-15H2,1,3H3. The first-order valence-electron chi connectivity index (χ1n) is 8.53. The molecule has 2 fully saturated rings. The van der Waals surface area contributed by atoms with Crippen LogP contribution >= 0.6 is 0 Å². The second-order valence-corrected chi connectivity index (χ2v) is 6.61. The molecule has 0 aliphatic carbocycles. The normalized spacial score (nSPS) is 26.8. The topological polar surface area (TPSA) is 9.72 Å². The van der Waals surface area contributed by atoms with E-state index in [0.29, 0.717) is 6.04 Å². The van der Waals surface area contributed by atoms with E-state index >= 15 is 0 Å². The molecule has 2 rings (SSSR count). The highest BCUT2D eigenvalue weighted by molar-refractivity contribution is 5.08. The van der Waals surface area contributed by atoms with Crippen molar-refractivity contribution < 1.29 is 0 Å². The smallest absolute Gasteiger partial charge is 0.0429 e. The van der Waals surface area contributed by atoms with Gasteiger partial charge < -0.3 is 4.90 Å². The summed E-state index contributed by atoms with van der Waals surface area (Å²) in [6.07, 6.45) is 6.63. The van der Waals surface area contributed by atoms with Crippen LogP contribution in [-0.2, 0) is 0 Å². The fourth-order valence-electron chi connectivity index (χ4n) is 3.53. The molecule has 0 amide bonds. The van der Waals surface area contributed by atoms with Crippen molar-refractivity contribution in [3.05, 3.63) is 12.2 Å². The van der Waals surface area contributed by atoms with Crippen molar-refractivity contribution in [2.45, 2.75) is 45.1 Å². The van der Waals surface area contributed by atoms with E-state index in [4.69, 9.17) is 0 Å². The van der Waals surface area contributed by atoms with Crippen molar-refractivity contribution in [1.82, 2.24) is 14.7 Å². The van der Waals surface area contributed by atoms with E-state index in [0.717, 1.165) is 0 Å². The SMILES string of the molecule is C=C(CCC)C1CN(CCN2CCCCC2)CCN1C. The highest BCUT2D eigenvalue weighted by Crippen LogP contribution is 2.18. The molecule has 0 radical (unpaired) electrons. The average Bonchev–Trinajstić information content (AvgIpc) is 2.47. The first kappa shape index (κ1) is 16.0. The molecule has 20 heavy (non-hydrogen) atoms. The van der Waals surface area contributed by atoms with Gasteiger partial charge in [0.2, 0.25) is 0 Å². The minimum absolute atomic E-state index is 0.574. The molecule has 0 aromatic carbocycles. The summed E-state index contributed by atoms with van der Waals surface area (Å²) in [6.45, 7) is 15.3. The Labute approximate surface area is 125 Å². The van der Waals surface area contributed by atoms with Crippen LogP contribution in [0.4, 0.5) is 0 Å². The van der Waals surface area contributed by atoms with Crippen molar-refractivity contribution in [3.63, 3.8) is 0 Å². The largest absolute Gasteiger partial charge is 0.302 e. The predicted octanol–water partition coefficient (Wildman–Crippen LogP) is 2.44. The Kier molecular flexibility index (Phi) is 6.53. The first-order valence-corrected chi connectivity index (χ1v) is 8.53. The molecule has 2 heterocycles. The molecule has 2 aliphatic heterocycles. The maximum Gasteiger partial charge on any atom is 0.0429 e. The van der Waals surface area contributed by atoms with Crippen molar-refractivity contribution >= 4 is 0 Å². The Morgan fingerprint density at radius 2 is 1.70 bits per heavy atom. The average molecular weight is 279 g/mol. The van der Waals surface area contributed by atoms with Gasteiger partial charge in [0.15, 0.2) is 0 Å². The monoisotopic (exact) mass is 279 g/mol. The van der Waals surface area contributed by atoms with Gasteiger partial charge in [-0.25, -0.2) is 0 Å². The highest BCUT2D eigenvalue weighted by Gasteiger charge is 2.26. The van der Waals surface area contributed by atoms with E-state index in [-0.39, 0.29) is 0 Å². The van der Waals surface area contributed by atoms with Gasteiger partial charge in [-0.05, 0) is 39.4 Å². The van der Waals surface area contributed by atoms with Crippen LogP contribution in [0.5, 0.6) is 0 Å². The van der Waals surface area contributed by atoms with E-state index in [9.17, 15) is 0 Å². The van der Waals surface area contributed by atoms with Crippen molar-refractivity contribution in [2.75, 3.05) is 52.9 Å². The fraction of sp³-hybridized carbons (Fsp3) is 0.882. The molecule has 0 aromatic rings. The second-order valence-electron chi connectivity index (χ2n) is 6.61. The van der Waals surface area contributed by atoms with Gasteiger partial charge in [0.1, 0.15) is 0 Å². The lowest BCUT2D eigenvalue weighted by Crippen LogP contribution is -2.53. The molecule has 0 bridgehead atoms. The molecular formula is C17H33N3. The van der Waals surface area contributed by atoms with Crippen molar-refractivity contribution in [2.24, 2.45) is 0 Å². The molecule has 1 unspecified atom stereocenters. The van der Waals surface area contributed by atoms with Gasteiger partial charge in [0, 0.05) is 38.8 Å². The summed E-state index contributed by atoms with van der Waals surface area (Å²) in [6, 6.07) is 0.574. The van der Waals surface area contributed by atoms with E-state index < -0.39 is 0 Å². The quantitative estimate of drug-likeness (QED) is 0.692. The van der Waals surface area contributed by atoms with Crippen molar-refractivity contribution in [1.29, 1.82) is 0 Å². The van der Waals surface area contributed by atoms with E-state index in [2.05, 4.69) is 35.3 Å². The lowest BCUT2D eigenvalue weighted by molar-refractivity contribution is 0.0968. The summed E-state index contributed by atoms with van der Waals surface area (Å²) in [5.74, 6) is 0. The summed E-state index contributed by atoms with van der Waals surface area (Å²) in [5, 5.41) is 0. The lowest BCUT2D eigenvalue weighted by atomic mass is 10.0. The van der Waals surface area contributed by atoms with Crippen LogP contribution in [0.3, 0.4) is 0 Å². The third-order valence-corrected chi connectivity index (χ3v) is 4.96. The number of likely N-dealkylation sites (N-methyl/N-ethyl adjacent to an activating group) is 1. The fourth-order valence-corrected chi connectivity index (χ4v) is 3.53. The number of likely N-dealkylation sites (tertiary alicyclic amines) is 1. The van der Waals surface area contributed by atoms with E-state index in [1.54, 1.807) is 0 Å². The van der Waals surface area contributed by atoms with E-state index in [1.807, 2.05) is 0 Å². The van der Waals surface area contributed by atoms with Crippen LogP contribution in [0.1, 0.15) is 39.0 Å². The summed E-state index contributed by atoms with van der Waals surface area (Å²) in [4.78, 5) is 7.80. The van der Waals surface area contributed by atoms with Crippen LogP contribution in [0.15, 0.2) is 12.2 Å². The zero-order valence-electron chi connectivity index (χ0n) is 13.6. The lowest BCUT2D eigenvalue weighted by Gasteiger charge is -2.41. The molecule has 0 aromatic heterocycles. The molecular weight excluding hydrogens is 246 g/mol. The summed E-state index contributed by atoms with van der Waals surface area (Å²) in [5.41, 5.74) is 1.43. The summed E-state index contributed by atoms with van der Waals surface area (Å²) < 4.78 is 0. The maximum absolute atomic E-state index is 4.32. The van der Waals surface area contributed by atoms with Crippen LogP contribution in [0.25, 0.3) is 0 Å². The number of piperazine rings is 1. The molecule has 116 valence electrons. The van der Waals surface area contributed by atoms with Crippen molar-refractivity contribution in [3.8, 4) is 0 Å². The van der Waals surface area contributed by atoms with Crippen LogP contribution < -0.4 is 0 Å². The Hall–Kier alpha value is -0.380. The number of rotatable bonds is 6. The predicted molar refractivity (Wildman–Crippen MR) is 87.2 cm³/mol. The highest BCUT2D eigenvalue weighted by atomic mass is 15.3. The van der Waals surface area contributed by atoms with Gasteiger partial charge in [0.05, 0.1) is 0 Å². The van der Waals surface area contributed by atoms with Crippen LogP contribution in [-0.4, -0.2) is 73.6 Å². The zero-order valence-corrected chi connectivity index (χ0v) is 13.6. The van der Waals surface area contributed by atoms with Crippen LogP contribution in [0.2, 0.25) is 0 Å². The molecule has 0 saturated carbocycles. The molecule has 2 saturated heterocycles. The Balaban J connectivity index is 1.76. The first-order chi connectivity index (χ1) is 9.70. The van der Waals surface area contributed by atoms with E-state index in [1.165, 1.54) is 83.5 Å². The van der Waals surface area contributed by atoms with Crippen LogP contribution in [0, 0.1) is 0 Å². The second kappa shape index (κ2) is 8.16. The van der Waals surface area contributed by atoms with Gasteiger partial charge in [-0.15, -0.1) is 0 Å². The maximum atomic E-state index is 4.32. The van der Waals surface area contributed by atoms with Gasteiger partial charge >= 0.3 is 0 Å². The Morgan fingerprint density at radius 1 is 1.00 bits per heavy atom. The molecule has 3 nitrogen and oxygen atoms in total.